The molecule has 1 amide bonds. The lowest BCUT2D eigenvalue weighted by molar-refractivity contribution is 0.102. The molecule has 2 N–H and O–H groups in total. The van der Waals surface area contributed by atoms with Gasteiger partial charge < -0.3 is 19.5 Å². The van der Waals surface area contributed by atoms with Crippen molar-refractivity contribution >= 4 is 21.6 Å². The summed E-state index contributed by atoms with van der Waals surface area (Å²) in [7, 11) is -2.30. The molecule has 31 heavy (non-hydrogen) atoms. The van der Waals surface area contributed by atoms with Gasteiger partial charge in [-0.2, -0.15) is 0 Å². The second kappa shape index (κ2) is 8.66. The molecule has 3 aromatic rings. The molecular weight excluding hydrogens is 420 g/mol. The van der Waals surface area contributed by atoms with Gasteiger partial charge in [-0.05, 0) is 48.0 Å². The number of rotatable bonds is 7. The fraction of sp³-hybridized carbons (Fsp3) is 0.136. The van der Waals surface area contributed by atoms with Crippen LogP contribution in [0.1, 0.15) is 15.9 Å². The maximum Gasteiger partial charge on any atom is 0.255 e. The van der Waals surface area contributed by atoms with Crippen LogP contribution >= 0.6 is 0 Å². The van der Waals surface area contributed by atoms with Gasteiger partial charge in [0.05, 0.1) is 12.0 Å². The van der Waals surface area contributed by atoms with Crippen molar-refractivity contribution in [3.63, 3.8) is 0 Å². The second-order valence-corrected chi connectivity index (χ2v) is 8.49. The molecule has 1 heterocycles. The fourth-order valence-corrected chi connectivity index (χ4v) is 4.08. The van der Waals surface area contributed by atoms with E-state index in [2.05, 4.69) is 10.0 Å². The van der Waals surface area contributed by atoms with Gasteiger partial charge in [0, 0.05) is 23.9 Å². The van der Waals surface area contributed by atoms with E-state index in [4.69, 9.17) is 14.2 Å². The number of anilines is 1. The number of sulfonamides is 1. The smallest absolute Gasteiger partial charge is 0.255 e. The largest absolute Gasteiger partial charge is 0.497 e. The lowest BCUT2D eigenvalue weighted by Gasteiger charge is -2.10. The first-order chi connectivity index (χ1) is 14.9. The van der Waals surface area contributed by atoms with Gasteiger partial charge in [0.2, 0.25) is 16.8 Å². The van der Waals surface area contributed by atoms with Gasteiger partial charge in [0.15, 0.2) is 11.5 Å². The van der Waals surface area contributed by atoms with E-state index in [0.29, 0.717) is 22.9 Å². The number of fused-ring (bicyclic) bond motifs is 1. The number of methoxy groups -OCH3 is 1. The van der Waals surface area contributed by atoms with Crippen molar-refractivity contribution in [1.29, 1.82) is 0 Å². The average Bonchev–Trinajstić information content (AvgIpc) is 3.26. The normalized spacial score (nSPS) is 12.4. The van der Waals surface area contributed by atoms with E-state index >= 15 is 0 Å². The molecule has 3 aromatic carbocycles. The molecule has 0 saturated heterocycles. The van der Waals surface area contributed by atoms with Gasteiger partial charge in [0.25, 0.3) is 5.91 Å². The Balaban J connectivity index is 1.46. The number of nitrogens with one attached hydrogen (secondary N) is 2. The van der Waals surface area contributed by atoms with E-state index in [1.807, 2.05) is 0 Å². The third-order valence-corrected chi connectivity index (χ3v) is 6.04. The number of benzene rings is 3. The van der Waals surface area contributed by atoms with Gasteiger partial charge in [-0.25, -0.2) is 13.1 Å². The Labute approximate surface area is 179 Å². The van der Waals surface area contributed by atoms with Crippen molar-refractivity contribution in [3.8, 4) is 17.2 Å². The summed E-state index contributed by atoms with van der Waals surface area (Å²) in [5.41, 5.74) is 1.48. The number of hydrogen-bond donors (Lipinski definition) is 2. The van der Waals surface area contributed by atoms with Crippen molar-refractivity contribution in [2.45, 2.75) is 11.4 Å². The first-order valence-electron chi connectivity index (χ1n) is 9.38. The molecule has 9 heteroatoms. The summed E-state index contributed by atoms with van der Waals surface area (Å²) < 4.78 is 43.7. The maximum absolute atomic E-state index is 12.7. The summed E-state index contributed by atoms with van der Waals surface area (Å²) in [5.74, 6) is 1.37. The predicted octanol–water partition coefficient (Wildman–Crippen LogP) is 3.15. The summed E-state index contributed by atoms with van der Waals surface area (Å²) in [6.07, 6.45) is 0. The molecule has 0 saturated carbocycles. The minimum atomic E-state index is -3.83. The molecular formula is C22H20N2O6S. The first kappa shape index (κ1) is 20.7. The Morgan fingerprint density at radius 2 is 1.81 bits per heavy atom. The summed E-state index contributed by atoms with van der Waals surface area (Å²) in [6, 6.07) is 17.9. The molecule has 8 nitrogen and oxygen atoms in total. The summed E-state index contributed by atoms with van der Waals surface area (Å²) >= 11 is 0. The third kappa shape index (κ3) is 4.79. The molecule has 0 aromatic heterocycles. The highest BCUT2D eigenvalue weighted by atomic mass is 32.2. The van der Waals surface area contributed by atoms with Gasteiger partial charge in [-0.1, -0.05) is 18.2 Å². The quantitative estimate of drug-likeness (QED) is 0.585. The van der Waals surface area contributed by atoms with Crippen molar-refractivity contribution in [2.24, 2.45) is 0 Å². The Morgan fingerprint density at radius 3 is 2.65 bits per heavy atom. The number of amides is 1. The zero-order chi connectivity index (χ0) is 21.8. The van der Waals surface area contributed by atoms with Gasteiger partial charge >= 0.3 is 0 Å². The van der Waals surface area contributed by atoms with Gasteiger partial charge in [0.1, 0.15) is 5.75 Å². The highest BCUT2D eigenvalue weighted by molar-refractivity contribution is 7.89. The third-order valence-electron chi connectivity index (χ3n) is 4.64. The maximum atomic E-state index is 12.7. The topological polar surface area (TPSA) is 103 Å². The van der Waals surface area contributed by atoms with Crippen LogP contribution in [0.25, 0.3) is 0 Å². The lowest BCUT2D eigenvalue weighted by atomic mass is 10.2. The molecule has 0 fully saturated rings. The highest BCUT2D eigenvalue weighted by Gasteiger charge is 2.18. The summed E-state index contributed by atoms with van der Waals surface area (Å²) in [5, 5.41) is 2.73. The number of ether oxygens (including phenoxy) is 3. The summed E-state index contributed by atoms with van der Waals surface area (Å²) in [6.45, 7) is 0.217. The molecule has 1 aliphatic heterocycles. The van der Waals surface area contributed by atoms with Crippen molar-refractivity contribution in [3.05, 3.63) is 77.9 Å². The molecule has 0 atom stereocenters. The number of carbonyl (C=O) groups excluding carboxylic acids is 1. The van der Waals surface area contributed by atoms with E-state index in [1.165, 1.54) is 25.3 Å². The van der Waals surface area contributed by atoms with E-state index in [-0.39, 0.29) is 23.8 Å². The van der Waals surface area contributed by atoms with Crippen LogP contribution < -0.4 is 24.2 Å². The van der Waals surface area contributed by atoms with Gasteiger partial charge in [-0.3, -0.25) is 4.79 Å². The number of hydrogen-bond acceptors (Lipinski definition) is 6. The van der Waals surface area contributed by atoms with Crippen LogP contribution in [0, 0.1) is 0 Å². The van der Waals surface area contributed by atoms with Gasteiger partial charge in [-0.15, -0.1) is 0 Å². The molecule has 0 spiro atoms. The van der Waals surface area contributed by atoms with E-state index in [0.717, 1.165) is 5.56 Å². The molecule has 0 aliphatic carbocycles. The van der Waals surface area contributed by atoms with Crippen molar-refractivity contribution in [2.75, 3.05) is 19.2 Å². The average molecular weight is 440 g/mol. The Morgan fingerprint density at radius 1 is 1.00 bits per heavy atom. The van der Waals surface area contributed by atoms with Crippen LogP contribution in [-0.2, 0) is 16.6 Å². The zero-order valence-electron chi connectivity index (χ0n) is 16.6. The molecule has 1 aliphatic rings. The fourth-order valence-electron chi connectivity index (χ4n) is 3.02. The van der Waals surface area contributed by atoms with Crippen LogP contribution in [0.15, 0.2) is 71.6 Å². The van der Waals surface area contributed by atoms with Crippen LogP contribution in [0.4, 0.5) is 5.69 Å². The van der Waals surface area contributed by atoms with E-state index in [1.54, 1.807) is 48.5 Å². The molecule has 4 rings (SSSR count). The Hall–Kier alpha value is -3.56. The van der Waals surface area contributed by atoms with Crippen molar-refractivity contribution < 1.29 is 27.4 Å². The minimum Gasteiger partial charge on any atom is -0.497 e. The van der Waals surface area contributed by atoms with E-state index in [9.17, 15) is 13.2 Å². The lowest BCUT2D eigenvalue weighted by Crippen LogP contribution is -2.23. The second-order valence-electron chi connectivity index (χ2n) is 6.73. The monoisotopic (exact) mass is 440 g/mol. The predicted molar refractivity (Wildman–Crippen MR) is 114 cm³/mol. The minimum absolute atomic E-state index is 0.00784. The number of carbonyl (C=O) groups is 1. The van der Waals surface area contributed by atoms with Crippen LogP contribution in [0.3, 0.4) is 0 Å². The molecule has 0 bridgehead atoms. The standard InChI is InChI=1S/C22H20N2O6S/c1-28-18-6-3-5-17(12-18)24-22(25)16-4-2-7-19(11-16)31(26,27)23-13-15-8-9-20-21(10-15)30-14-29-20/h2-12,23H,13-14H2,1H3,(H,24,25). The SMILES string of the molecule is COc1cccc(NC(=O)c2cccc(S(=O)(=O)NCc3ccc4c(c3)OCO4)c2)c1. The molecule has 0 unspecified atom stereocenters. The van der Waals surface area contributed by atoms with Crippen molar-refractivity contribution in [1.82, 2.24) is 4.72 Å². The molecule has 0 radical (unpaired) electrons. The zero-order valence-corrected chi connectivity index (χ0v) is 17.4. The molecule has 160 valence electrons. The Bertz CT molecular complexity index is 1230. The highest BCUT2D eigenvalue weighted by Crippen LogP contribution is 2.32. The van der Waals surface area contributed by atoms with E-state index < -0.39 is 15.9 Å². The summed E-state index contributed by atoms with van der Waals surface area (Å²) in [4.78, 5) is 12.6. The first-order valence-corrected chi connectivity index (χ1v) is 10.9. The van der Waals surface area contributed by atoms with Crippen LogP contribution in [0.2, 0.25) is 0 Å². The Kier molecular flexibility index (Phi) is 5.79. The van der Waals surface area contributed by atoms with Crippen LogP contribution in [0.5, 0.6) is 17.2 Å². The van der Waals surface area contributed by atoms with Crippen LogP contribution in [-0.4, -0.2) is 28.2 Å².